The summed E-state index contributed by atoms with van der Waals surface area (Å²) in [4.78, 5) is 4.54. The van der Waals surface area contributed by atoms with E-state index in [9.17, 15) is 0 Å². The smallest absolute Gasteiger partial charge is 0.231 e. The summed E-state index contributed by atoms with van der Waals surface area (Å²) in [6, 6.07) is 0.508. The fraction of sp³-hybridized carbons (Fsp3) is 0.846. The molecule has 0 aromatic carbocycles. The average molecular weight is 237 g/mol. The number of hydrogen-bond donors (Lipinski definition) is 1. The Morgan fingerprint density at radius 3 is 2.94 bits per heavy atom. The van der Waals surface area contributed by atoms with Gasteiger partial charge < -0.3 is 9.84 Å². The molecule has 0 radical (unpaired) electrons. The van der Waals surface area contributed by atoms with Crippen molar-refractivity contribution in [3.63, 3.8) is 0 Å². The Hall–Kier alpha value is -0.900. The first kappa shape index (κ1) is 12.6. The number of hydrogen-bond acceptors (Lipinski definition) is 4. The number of rotatable bonds is 5. The lowest BCUT2D eigenvalue weighted by molar-refractivity contribution is 0.332. The molecule has 17 heavy (non-hydrogen) atoms. The van der Waals surface area contributed by atoms with Crippen molar-refractivity contribution in [2.45, 2.75) is 57.9 Å². The van der Waals surface area contributed by atoms with Gasteiger partial charge in [-0.15, -0.1) is 0 Å². The molecule has 0 aliphatic heterocycles. The van der Waals surface area contributed by atoms with Gasteiger partial charge in [0.2, 0.25) is 5.89 Å². The maximum Gasteiger partial charge on any atom is 0.231 e. The van der Waals surface area contributed by atoms with Gasteiger partial charge >= 0.3 is 0 Å². The molecule has 96 valence electrons. The summed E-state index contributed by atoms with van der Waals surface area (Å²) in [5.74, 6) is 2.81. The lowest BCUT2D eigenvalue weighted by atomic mass is 10.0. The number of nitrogens with zero attached hydrogens (tertiary/aromatic N) is 2. The largest absolute Gasteiger partial charge is 0.339 e. The second kappa shape index (κ2) is 5.63. The molecule has 0 spiro atoms. The highest BCUT2D eigenvalue weighted by atomic mass is 16.5. The molecule has 2 atom stereocenters. The van der Waals surface area contributed by atoms with Gasteiger partial charge in [0.1, 0.15) is 0 Å². The molecule has 2 unspecified atom stereocenters. The van der Waals surface area contributed by atoms with Crippen LogP contribution in [0.1, 0.15) is 57.2 Å². The molecule has 0 bridgehead atoms. The first-order valence-electron chi connectivity index (χ1n) is 6.70. The molecular weight excluding hydrogens is 214 g/mol. The molecule has 4 heteroatoms. The van der Waals surface area contributed by atoms with E-state index in [1.54, 1.807) is 0 Å². The van der Waals surface area contributed by atoms with Crippen LogP contribution in [0.4, 0.5) is 0 Å². The van der Waals surface area contributed by atoms with Gasteiger partial charge in [-0.1, -0.05) is 25.4 Å². The van der Waals surface area contributed by atoms with Crippen LogP contribution in [0.25, 0.3) is 0 Å². The van der Waals surface area contributed by atoms with Crippen LogP contribution in [0.5, 0.6) is 0 Å². The third-order valence-electron chi connectivity index (χ3n) is 3.63. The highest BCUT2D eigenvalue weighted by Gasteiger charge is 2.31. The lowest BCUT2D eigenvalue weighted by Gasteiger charge is -2.14. The van der Waals surface area contributed by atoms with E-state index in [-0.39, 0.29) is 0 Å². The number of nitrogens with one attached hydrogen (secondary N) is 1. The number of aryl methyl sites for hydroxylation is 1. The van der Waals surface area contributed by atoms with Crippen LogP contribution in [-0.2, 0) is 6.42 Å². The van der Waals surface area contributed by atoms with E-state index in [0.29, 0.717) is 17.9 Å². The second-order valence-electron chi connectivity index (χ2n) is 5.41. The van der Waals surface area contributed by atoms with Crippen LogP contribution in [-0.4, -0.2) is 23.2 Å². The van der Waals surface area contributed by atoms with Gasteiger partial charge in [-0.05, 0) is 32.2 Å². The monoisotopic (exact) mass is 237 g/mol. The summed E-state index contributed by atoms with van der Waals surface area (Å²) in [6.45, 7) is 4.43. The fourth-order valence-corrected chi connectivity index (χ4v) is 2.54. The Bertz CT molecular complexity index is 348. The van der Waals surface area contributed by atoms with Crippen molar-refractivity contribution in [3.05, 3.63) is 11.7 Å². The molecule has 2 rings (SSSR count). The van der Waals surface area contributed by atoms with E-state index >= 15 is 0 Å². The highest BCUT2D eigenvalue weighted by Crippen LogP contribution is 2.33. The third kappa shape index (κ3) is 3.06. The molecule has 1 saturated carbocycles. The molecule has 0 saturated heterocycles. The van der Waals surface area contributed by atoms with Gasteiger partial charge in [0.25, 0.3) is 0 Å². The summed E-state index contributed by atoms with van der Waals surface area (Å²) in [5, 5.41) is 7.43. The predicted molar refractivity (Wildman–Crippen MR) is 66.9 cm³/mol. The molecule has 1 aliphatic carbocycles. The van der Waals surface area contributed by atoms with E-state index in [2.05, 4.69) is 29.3 Å². The molecule has 1 heterocycles. The van der Waals surface area contributed by atoms with Crippen molar-refractivity contribution in [1.29, 1.82) is 0 Å². The summed E-state index contributed by atoms with van der Waals surface area (Å²) in [5.41, 5.74) is 0. The Kier molecular flexibility index (Phi) is 4.15. The van der Waals surface area contributed by atoms with Crippen molar-refractivity contribution in [2.24, 2.45) is 5.92 Å². The molecule has 1 aromatic rings. The Labute approximate surface area is 103 Å². The van der Waals surface area contributed by atoms with Crippen molar-refractivity contribution in [2.75, 3.05) is 7.05 Å². The Balaban J connectivity index is 1.97. The van der Waals surface area contributed by atoms with Gasteiger partial charge in [0, 0.05) is 12.5 Å². The molecule has 1 N–H and O–H groups in total. The number of aromatic nitrogens is 2. The first-order valence-corrected chi connectivity index (χ1v) is 6.70. The molecule has 1 aromatic heterocycles. The van der Waals surface area contributed by atoms with Gasteiger partial charge in [-0.2, -0.15) is 4.98 Å². The van der Waals surface area contributed by atoms with Crippen molar-refractivity contribution in [1.82, 2.24) is 15.5 Å². The van der Waals surface area contributed by atoms with Crippen molar-refractivity contribution >= 4 is 0 Å². The van der Waals surface area contributed by atoms with Crippen LogP contribution < -0.4 is 5.32 Å². The summed E-state index contributed by atoms with van der Waals surface area (Å²) < 4.78 is 5.41. The minimum atomic E-state index is 0.417. The van der Waals surface area contributed by atoms with E-state index in [1.807, 2.05) is 7.05 Å². The SMILES string of the molecule is CNC1CCCC1c1nc(CCC(C)C)no1. The maximum absolute atomic E-state index is 5.41. The van der Waals surface area contributed by atoms with Gasteiger partial charge in [0.05, 0.1) is 5.92 Å². The summed E-state index contributed by atoms with van der Waals surface area (Å²) >= 11 is 0. The van der Waals surface area contributed by atoms with E-state index < -0.39 is 0 Å². The minimum absolute atomic E-state index is 0.417. The zero-order valence-corrected chi connectivity index (χ0v) is 11.1. The standard InChI is InChI=1S/C13H23N3O/c1-9(2)7-8-12-15-13(17-16-12)10-5-4-6-11(10)14-3/h9-11,14H,4-8H2,1-3H3. The molecule has 0 amide bonds. The molecule has 1 aliphatic rings. The molecule has 4 nitrogen and oxygen atoms in total. The Morgan fingerprint density at radius 1 is 1.41 bits per heavy atom. The first-order chi connectivity index (χ1) is 8.20. The average Bonchev–Trinajstić information content (AvgIpc) is 2.94. The zero-order chi connectivity index (χ0) is 12.3. The quantitative estimate of drug-likeness (QED) is 0.855. The highest BCUT2D eigenvalue weighted by molar-refractivity contribution is 5.02. The van der Waals surface area contributed by atoms with Gasteiger partial charge in [0.15, 0.2) is 5.82 Å². The summed E-state index contributed by atoms with van der Waals surface area (Å²) in [7, 11) is 2.01. The summed E-state index contributed by atoms with van der Waals surface area (Å²) in [6.07, 6.45) is 5.68. The minimum Gasteiger partial charge on any atom is -0.339 e. The van der Waals surface area contributed by atoms with Crippen LogP contribution in [0.2, 0.25) is 0 Å². The maximum atomic E-state index is 5.41. The Morgan fingerprint density at radius 2 is 2.24 bits per heavy atom. The van der Waals surface area contributed by atoms with Crippen molar-refractivity contribution in [3.8, 4) is 0 Å². The topological polar surface area (TPSA) is 51.0 Å². The normalized spacial score (nSPS) is 24.7. The lowest BCUT2D eigenvalue weighted by Crippen LogP contribution is -2.27. The van der Waals surface area contributed by atoms with E-state index in [1.165, 1.54) is 12.8 Å². The fourth-order valence-electron chi connectivity index (χ4n) is 2.54. The van der Waals surface area contributed by atoms with Gasteiger partial charge in [-0.3, -0.25) is 0 Å². The van der Waals surface area contributed by atoms with Crippen LogP contribution in [0, 0.1) is 5.92 Å². The van der Waals surface area contributed by atoms with Crippen LogP contribution in [0.15, 0.2) is 4.52 Å². The van der Waals surface area contributed by atoms with E-state index in [0.717, 1.165) is 31.0 Å². The van der Waals surface area contributed by atoms with E-state index in [4.69, 9.17) is 4.52 Å². The zero-order valence-electron chi connectivity index (χ0n) is 11.1. The van der Waals surface area contributed by atoms with Crippen LogP contribution in [0.3, 0.4) is 0 Å². The van der Waals surface area contributed by atoms with Crippen molar-refractivity contribution < 1.29 is 4.52 Å². The predicted octanol–water partition coefficient (Wildman–Crippen LogP) is 2.51. The third-order valence-corrected chi connectivity index (χ3v) is 3.63. The molecular formula is C13H23N3O. The van der Waals surface area contributed by atoms with Crippen LogP contribution >= 0.6 is 0 Å². The second-order valence-corrected chi connectivity index (χ2v) is 5.41. The molecule has 1 fully saturated rings. The van der Waals surface area contributed by atoms with Gasteiger partial charge in [-0.25, -0.2) is 0 Å². The number of likely N-dealkylation sites (N-methyl/N-ethyl adjacent to an activating group) is 1.